The number of anilines is 1. The second-order valence-corrected chi connectivity index (χ2v) is 5.69. The van der Waals surface area contributed by atoms with Crippen molar-refractivity contribution >= 4 is 28.2 Å². The molecule has 4 nitrogen and oxygen atoms in total. The van der Waals surface area contributed by atoms with Gasteiger partial charge in [-0.05, 0) is 32.8 Å². The van der Waals surface area contributed by atoms with E-state index in [0.29, 0.717) is 17.2 Å². The zero-order chi connectivity index (χ0) is 13.1. The third kappa shape index (κ3) is 2.72. The Morgan fingerprint density at radius 3 is 2.78 bits per heavy atom. The largest absolute Gasteiger partial charge is 0.462 e. The van der Waals surface area contributed by atoms with Gasteiger partial charge in [-0.25, -0.2) is 4.79 Å². The second kappa shape index (κ2) is 5.52. The van der Waals surface area contributed by atoms with E-state index in [1.807, 2.05) is 6.92 Å². The van der Waals surface area contributed by atoms with Crippen LogP contribution >= 0.6 is 11.3 Å². The quantitative estimate of drug-likeness (QED) is 0.853. The van der Waals surface area contributed by atoms with Crippen LogP contribution in [0.3, 0.4) is 0 Å². The lowest BCUT2D eigenvalue weighted by molar-refractivity contribution is -0.122. The maximum Gasteiger partial charge on any atom is 0.341 e. The first kappa shape index (κ1) is 13.1. The molecule has 2 rings (SSSR count). The molecule has 5 heteroatoms. The molecule has 0 spiro atoms. The van der Waals surface area contributed by atoms with Crippen molar-refractivity contribution in [2.45, 2.75) is 33.1 Å². The highest BCUT2D eigenvalue weighted by Crippen LogP contribution is 2.32. The third-order valence-corrected chi connectivity index (χ3v) is 4.03. The molecule has 1 heterocycles. The van der Waals surface area contributed by atoms with Gasteiger partial charge in [0.2, 0.25) is 5.91 Å². The van der Waals surface area contributed by atoms with Crippen LogP contribution in [0.15, 0.2) is 6.07 Å². The van der Waals surface area contributed by atoms with E-state index in [-0.39, 0.29) is 17.8 Å². The van der Waals surface area contributed by atoms with E-state index in [4.69, 9.17) is 4.74 Å². The standard InChI is InChI=1S/C13H17NO3S/c1-3-17-13(16)10-7-8(2)18-12(10)14-11(15)9-5-4-6-9/h7,9H,3-6H2,1-2H3,(H,14,15). The molecule has 1 aliphatic carbocycles. The minimum atomic E-state index is -0.370. The SMILES string of the molecule is CCOC(=O)c1cc(C)sc1NC(=O)C1CCC1. The smallest absolute Gasteiger partial charge is 0.341 e. The predicted molar refractivity (Wildman–Crippen MR) is 71.0 cm³/mol. The number of thiophene rings is 1. The molecular weight excluding hydrogens is 250 g/mol. The molecule has 0 bridgehead atoms. The molecular formula is C13H17NO3S. The normalized spacial score (nSPS) is 15.0. The number of esters is 1. The van der Waals surface area contributed by atoms with Crippen LogP contribution in [0.4, 0.5) is 5.00 Å². The number of hydrogen-bond donors (Lipinski definition) is 1. The number of ether oxygens (including phenoxy) is 1. The van der Waals surface area contributed by atoms with Crippen molar-refractivity contribution in [3.8, 4) is 0 Å². The van der Waals surface area contributed by atoms with Crippen molar-refractivity contribution in [3.05, 3.63) is 16.5 Å². The summed E-state index contributed by atoms with van der Waals surface area (Å²) >= 11 is 1.42. The maximum absolute atomic E-state index is 11.9. The Bertz CT molecular complexity index is 463. The molecule has 0 saturated heterocycles. The van der Waals surface area contributed by atoms with Crippen LogP contribution in [0.5, 0.6) is 0 Å². The number of nitrogens with one attached hydrogen (secondary N) is 1. The van der Waals surface area contributed by atoms with Crippen LogP contribution in [0.1, 0.15) is 41.4 Å². The Hall–Kier alpha value is -1.36. The monoisotopic (exact) mass is 267 g/mol. The van der Waals surface area contributed by atoms with Crippen molar-refractivity contribution in [2.24, 2.45) is 5.92 Å². The Labute approximate surface area is 110 Å². The van der Waals surface area contributed by atoms with Crippen molar-refractivity contribution in [1.82, 2.24) is 0 Å². The van der Waals surface area contributed by atoms with Gasteiger partial charge in [0.05, 0.1) is 12.2 Å². The van der Waals surface area contributed by atoms with Crippen LogP contribution < -0.4 is 5.32 Å². The van der Waals surface area contributed by atoms with Gasteiger partial charge in [-0.1, -0.05) is 6.42 Å². The van der Waals surface area contributed by atoms with E-state index in [1.54, 1.807) is 13.0 Å². The first-order chi connectivity index (χ1) is 8.61. The molecule has 1 aromatic rings. The Balaban J connectivity index is 2.11. The van der Waals surface area contributed by atoms with Crippen LogP contribution in [-0.2, 0) is 9.53 Å². The first-order valence-corrected chi connectivity index (χ1v) is 7.02. The molecule has 0 aliphatic heterocycles. The summed E-state index contributed by atoms with van der Waals surface area (Å²) in [7, 11) is 0. The van der Waals surface area contributed by atoms with Gasteiger partial charge in [0.15, 0.2) is 0 Å². The summed E-state index contributed by atoms with van der Waals surface area (Å²) in [5.74, 6) is -0.234. The van der Waals surface area contributed by atoms with Gasteiger partial charge < -0.3 is 10.1 Å². The lowest BCUT2D eigenvalue weighted by Gasteiger charge is -2.23. The molecule has 0 aromatic carbocycles. The van der Waals surface area contributed by atoms with Crippen LogP contribution in [0.25, 0.3) is 0 Å². The molecule has 1 aliphatic rings. The Morgan fingerprint density at radius 1 is 1.50 bits per heavy atom. The number of carbonyl (C=O) groups excluding carboxylic acids is 2. The summed E-state index contributed by atoms with van der Waals surface area (Å²) in [4.78, 5) is 24.6. The van der Waals surface area contributed by atoms with Crippen molar-refractivity contribution in [3.63, 3.8) is 0 Å². The fraction of sp³-hybridized carbons (Fsp3) is 0.538. The van der Waals surface area contributed by atoms with Crippen LogP contribution in [0, 0.1) is 12.8 Å². The van der Waals surface area contributed by atoms with Gasteiger partial charge in [-0.15, -0.1) is 11.3 Å². The number of rotatable bonds is 4. The van der Waals surface area contributed by atoms with Gasteiger partial charge in [-0.3, -0.25) is 4.79 Å². The molecule has 98 valence electrons. The van der Waals surface area contributed by atoms with E-state index in [1.165, 1.54) is 11.3 Å². The number of amides is 1. The first-order valence-electron chi connectivity index (χ1n) is 6.20. The lowest BCUT2D eigenvalue weighted by Crippen LogP contribution is -2.28. The molecule has 1 saturated carbocycles. The van der Waals surface area contributed by atoms with E-state index < -0.39 is 0 Å². The van der Waals surface area contributed by atoms with Gasteiger partial charge in [0.25, 0.3) is 0 Å². The van der Waals surface area contributed by atoms with E-state index in [9.17, 15) is 9.59 Å². The topological polar surface area (TPSA) is 55.4 Å². The summed E-state index contributed by atoms with van der Waals surface area (Å²) in [6.45, 7) is 4.01. The van der Waals surface area contributed by atoms with Crippen LogP contribution in [-0.4, -0.2) is 18.5 Å². The highest BCUT2D eigenvalue weighted by molar-refractivity contribution is 7.16. The van der Waals surface area contributed by atoms with Crippen molar-refractivity contribution in [1.29, 1.82) is 0 Å². The van der Waals surface area contributed by atoms with Crippen molar-refractivity contribution < 1.29 is 14.3 Å². The van der Waals surface area contributed by atoms with Crippen molar-refractivity contribution in [2.75, 3.05) is 11.9 Å². The highest BCUT2D eigenvalue weighted by atomic mass is 32.1. The summed E-state index contributed by atoms with van der Waals surface area (Å²) in [6, 6.07) is 1.76. The fourth-order valence-electron chi connectivity index (χ4n) is 1.85. The molecule has 1 fully saturated rings. The average Bonchev–Trinajstić information content (AvgIpc) is 2.57. The zero-order valence-electron chi connectivity index (χ0n) is 10.6. The van der Waals surface area contributed by atoms with Crippen LogP contribution in [0.2, 0.25) is 0 Å². The zero-order valence-corrected chi connectivity index (χ0v) is 11.4. The molecule has 1 amide bonds. The summed E-state index contributed by atoms with van der Waals surface area (Å²) in [5.41, 5.74) is 0.465. The minimum Gasteiger partial charge on any atom is -0.462 e. The summed E-state index contributed by atoms with van der Waals surface area (Å²) in [5, 5.41) is 3.47. The highest BCUT2D eigenvalue weighted by Gasteiger charge is 2.27. The predicted octanol–water partition coefficient (Wildman–Crippen LogP) is 2.97. The molecule has 1 aromatic heterocycles. The molecule has 0 atom stereocenters. The summed E-state index contributed by atoms with van der Waals surface area (Å²) < 4.78 is 4.98. The van der Waals surface area contributed by atoms with E-state index in [2.05, 4.69) is 5.32 Å². The van der Waals surface area contributed by atoms with Gasteiger partial charge in [0, 0.05) is 10.8 Å². The van der Waals surface area contributed by atoms with Gasteiger partial charge >= 0.3 is 5.97 Å². The maximum atomic E-state index is 11.9. The third-order valence-electron chi connectivity index (χ3n) is 3.06. The Kier molecular flexibility index (Phi) is 4.01. The average molecular weight is 267 g/mol. The molecule has 1 N–H and O–H groups in total. The van der Waals surface area contributed by atoms with Gasteiger partial charge in [0.1, 0.15) is 5.00 Å². The molecule has 18 heavy (non-hydrogen) atoms. The van der Waals surface area contributed by atoms with E-state index >= 15 is 0 Å². The number of carbonyl (C=O) groups is 2. The van der Waals surface area contributed by atoms with Gasteiger partial charge in [-0.2, -0.15) is 0 Å². The second-order valence-electron chi connectivity index (χ2n) is 4.44. The minimum absolute atomic E-state index is 0.0219. The number of hydrogen-bond acceptors (Lipinski definition) is 4. The van der Waals surface area contributed by atoms with E-state index in [0.717, 1.165) is 24.1 Å². The molecule has 0 radical (unpaired) electrons. The molecule has 0 unspecified atom stereocenters. The number of aryl methyl sites for hydroxylation is 1. The Morgan fingerprint density at radius 2 is 2.22 bits per heavy atom. The lowest BCUT2D eigenvalue weighted by atomic mass is 9.85. The summed E-state index contributed by atoms with van der Waals surface area (Å²) in [6.07, 6.45) is 3.02. The fourth-order valence-corrected chi connectivity index (χ4v) is 2.75.